The van der Waals surface area contributed by atoms with Crippen molar-refractivity contribution in [3.63, 3.8) is 0 Å². The normalized spacial score (nSPS) is 10.7. The van der Waals surface area contributed by atoms with Gasteiger partial charge in [-0.15, -0.1) is 0 Å². The second-order valence-electron chi connectivity index (χ2n) is 4.64. The maximum atomic E-state index is 11.8. The molecule has 3 aromatic rings. The average molecular weight is 264 g/mol. The molecule has 0 unspecified atom stereocenters. The molecule has 0 atom stereocenters. The van der Waals surface area contributed by atoms with Crippen molar-refractivity contribution >= 4 is 11.4 Å². The topological polar surface area (TPSA) is 59.1 Å². The van der Waals surface area contributed by atoms with Crippen molar-refractivity contribution in [2.75, 3.05) is 5.32 Å². The van der Waals surface area contributed by atoms with Gasteiger partial charge in [0, 0.05) is 6.20 Å². The highest BCUT2D eigenvalue weighted by Gasteiger charge is 2.22. The first kappa shape index (κ1) is 12.3. The third-order valence-electron chi connectivity index (χ3n) is 3.18. The summed E-state index contributed by atoms with van der Waals surface area (Å²) in [5.74, 6) is 0. The molecule has 0 bridgehead atoms. The monoisotopic (exact) mass is 264 g/mol. The van der Waals surface area contributed by atoms with Crippen LogP contribution in [0.4, 0.5) is 11.4 Å². The minimum atomic E-state index is -0.482. The van der Waals surface area contributed by atoms with Gasteiger partial charge in [-0.1, -0.05) is 29.8 Å². The van der Waals surface area contributed by atoms with E-state index in [1.807, 2.05) is 31.2 Å². The van der Waals surface area contributed by atoms with E-state index in [1.54, 1.807) is 24.5 Å². The smallest absolute Gasteiger partial charge is 0.250 e. The Hall–Kier alpha value is -2.75. The number of nitrogens with zero attached hydrogens (tertiary/aromatic N) is 1. The van der Waals surface area contributed by atoms with Crippen molar-refractivity contribution in [2.45, 2.75) is 6.92 Å². The molecule has 0 aliphatic rings. The van der Waals surface area contributed by atoms with E-state index < -0.39 is 10.9 Å². The number of nitrogens with one attached hydrogen (secondary N) is 1. The van der Waals surface area contributed by atoms with Crippen LogP contribution < -0.4 is 16.2 Å². The molecule has 20 heavy (non-hydrogen) atoms. The summed E-state index contributed by atoms with van der Waals surface area (Å²) in [4.78, 5) is 27.5. The third kappa shape index (κ3) is 2.01. The molecule has 1 N–H and O–H groups in total. The molecule has 1 heterocycles. The number of anilines is 2. The van der Waals surface area contributed by atoms with Crippen LogP contribution in [0.3, 0.4) is 0 Å². The van der Waals surface area contributed by atoms with Gasteiger partial charge in [-0.2, -0.15) is 0 Å². The summed E-state index contributed by atoms with van der Waals surface area (Å²) in [6, 6.07) is 11.1. The number of aryl methyl sites for hydroxylation is 1. The lowest BCUT2D eigenvalue weighted by molar-refractivity contribution is 1.30. The lowest BCUT2D eigenvalue weighted by Crippen LogP contribution is -2.35. The van der Waals surface area contributed by atoms with Crippen molar-refractivity contribution < 1.29 is 0 Å². The van der Waals surface area contributed by atoms with Crippen LogP contribution in [0.2, 0.25) is 0 Å². The molecular weight excluding hydrogens is 252 g/mol. The minimum Gasteiger partial charge on any atom is -0.350 e. The van der Waals surface area contributed by atoms with E-state index in [0.29, 0.717) is 16.9 Å². The standard InChI is InChI=1S/C16H12N2O2/c1-10-4-6-11(7-5-10)13-14(16(20)15(13)19)18-12-3-2-8-17-9-12/h2-9,18H,1H3. The average Bonchev–Trinajstić information content (AvgIpc) is 2.49. The maximum absolute atomic E-state index is 11.8. The van der Waals surface area contributed by atoms with Crippen LogP contribution in [0.15, 0.2) is 58.4 Å². The number of hydrogen-bond acceptors (Lipinski definition) is 4. The van der Waals surface area contributed by atoms with Gasteiger partial charge in [0.2, 0.25) is 5.43 Å². The first-order valence-electron chi connectivity index (χ1n) is 6.24. The van der Waals surface area contributed by atoms with Crippen LogP contribution in [-0.2, 0) is 0 Å². The van der Waals surface area contributed by atoms with E-state index in [9.17, 15) is 9.59 Å². The zero-order valence-corrected chi connectivity index (χ0v) is 10.9. The van der Waals surface area contributed by atoms with Gasteiger partial charge in [-0.25, -0.2) is 0 Å². The number of aromatic nitrogens is 1. The van der Waals surface area contributed by atoms with Gasteiger partial charge in [0.25, 0.3) is 5.43 Å². The molecule has 2 aromatic carbocycles. The van der Waals surface area contributed by atoms with Gasteiger partial charge in [0.1, 0.15) is 5.69 Å². The molecule has 4 nitrogen and oxygen atoms in total. The number of hydrogen-bond donors (Lipinski definition) is 1. The van der Waals surface area contributed by atoms with E-state index in [2.05, 4.69) is 10.3 Å². The fourth-order valence-corrected chi connectivity index (χ4v) is 2.09. The van der Waals surface area contributed by atoms with Gasteiger partial charge < -0.3 is 5.32 Å². The summed E-state index contributed by atoms with van der Waals surface area (Å²) < 4.78 is 0. The van der Waals surface area contributed by atoms with E-state index in [0.717, 1.165) is 11.1 Å². The summed E-state index contributed by atoms with van der Waals surface area (Å²) in [5, 5.41) is 2.97. The van der Waals surface area contributed by atoms with Crippen LogP contribution in [-0.4, -0.2) is 4.98 Å². The fraction of sp³-hybridized carbons (Fsp3) is 0.0625. The maximum Gasteiger partial charge on any atom is 0.250 e. The van der Waals surface area contributed by atoms with Crippen LogP contribution in [0.5, 0.6) is 0 Å². The Morgan fingerprint density at radius 1 is 1.00 bits per heavy atom. The highest BCUT2D eigenvalue weighted by Crippen LogP contribution is 2.26. The van der Waals surface area contributed by atoms with Gasteiger partial charge in [-0.3, -0.25) is 14.6 Å². The van der Waals surface area contributed by atoms with Crippen LogP contribution in [0.1, 0.15) is 5.56 Å². The van der Waals surface area contributed by atoms with Gasteiger partial charge in [0.05, 0.1) is 17.4 Å². The van der Waals surface area contributed by atoms with Crippen molar-refractivity contribution in [3.05, 3.63) is 74.8 Å². The number of rotatable bonds is 3. The van der Waals surface area contributed by atoms with Crippen molar-refractivity contribution in [3.8, 4) is 11.1 Å². The molecule has 4 heteroatoms. The molecule has 0 amide bonds. The molecule has 0 fully saturated rings. The van der Waals surface area contributed by atoms with Crippen molar-refractivity contribution in [2.24, 2.45) is 0 Å². The largest absolute Gasteiger partial charge is 0.350 e. The molecule has 1 aromatic heterocycles. The SMILES string of the molecule is Cc1ccc(-c2c(Nc3cccnc3)c(=O)c2=O)cc1. The van der Waals surface area contributed by atoms with Gasteiger partial charge in [-0.05, 0) is 24.6 Å². The zero-order chi connectivity index (χ0) is 14.1. The first-order chi connectivity index (χ1) is 9.66. The van der Waals surface area contributed by atoms with Crippen LogP contribution in [0, 0.1) is 6.92 Å². The highest BCUT2D eigenvalue weighted by atomic mass is 16.2. The molecular formula is C16H12N2O2. The number of pyridine rings is 1. The Morgan fingerprint density at radius 3 is 2.40 bits per heavy atom. The summed E-state index contributed by atoms with van der Waals surface area (Å²) in [6.45, 7) is 1.97. The molecule has 0 radical (unpaired) electrons. The Labute approximate surface area is 115 Å². The fourth-order valence-electron chi connectivity index (χ4n) is 2.09. The van der Waals surface area contributed by atoms with E-state index in [4.69, 9.17) is 0 Å². The summed E-state index contributed by atoms with van der Waals surface area (Å²) >= 11 is 0. The molecule has 0 aliphatic carbocycles. The predicted octanol–water partition coefficient (Wildman–Crippen LogP) is 2.40. The molecule has 0 spiro atoms. The van der Waals surface area contributed by atoms with Crippen LogP contribution in [0.25, 0.3) is 11.1 Å². The second kappa shape index (κ2) is 4.74. The van der Waals surface area contributed by atoms with Crippen molar-refractivity contribution in [1.29, 1.82) is 0 Å². The van der Waals surface area contributed by atoms with E-state index in [1.165, 1.54) is 0 Å². The molecule has 0 saturated carbocycles. The highest BCUT2D eigenvalue weighted by molar-refractivity contribution is 5.84. The third-order valence-corrected chi connectivity index (χ3v) is 3.18. The van der Waals surface area contributed by atoms with E-state index >= 15 is 0 Å². The van der Waals surface area contributed by atoms with E-state index in [-0.39, 0.29) is 0 Å². The molecule has 0 saturated heterocycles. The Morgan fingerprint density at radius 2 is 1.75 bits per heavy atom. The Kier molecular flexibility index (Phi) is 2.91. The lowest BCUT2D eigenvalue weighted by Gasteiger charge is -2.13. The predicted molar refractivity (Wildman–Crippen MR) is 79.0 cm³/mol. The van der Waals surface area contributed by atoms with Gasteiger partial charge in [0.15, 0.2) is 0 Å². The lowest BCUT2D eigenvalue weighted by atomic mass is 9.97. The molecule has 3 rings (SSSR count). The van der Waals surface area contributed by atoms with Crippen molar-refractivity contribution in [1.82, 2.24) is 4.98 Å². The quantitative estimate of drug-likeness (QED) is 0.738. The van der Waals surface area contributed by atoms with Gasteiger partial charge >= 0.3 is 0 Å². The zero-order valence-electron chi connectivity index (χ0n) is 10.9. The Bertz CT molecular complexity index is 814. The summed E-state index contributed by atoms with van der Waals surface area (Å²) in [6.07, 6.45) is 3.25. The van der Waals surface area contributed by atoms with Crippen LogP contribution >= 0.6 is 0 Å². The second-order valence-corrected chi connectivity index (χ2v) is 4.64. The summed E-state index contributed by atoms with van der Waals surface area (Å²) in [5.41, 5.74) is 2.41. The summed E-state index contributed by atoms with van der Waals surface area (Å²) in [7, 11) is 0. The molecule has 98 valence electrons. The number of benzene rings is 1. The minimum absolute atomic E-state index is 0.340. The Balaban J connectivity index is 2.02. The first-order valence-corrected chi connectivity index (χ1v) is 6.24. The molecule has 0 aliphatic heterocycles.